The van der Waals surface area contributed by atoms with Crippen LogP contribution in [0, 0.1) is 0 Å². The number of rotatable bonds is 9. The van der Waals surface area contributed by atoms with Gasteiger partial charge in [0.05, 0.1) is 14.2 Å². The van der Waals surface area contributed by atoms with E-state index in [0.29, 0.717) is 23.9 Å². The van der Waals surface area contributed by atoms with Gasteiger partial charge in [-0.1, -0.05) is 36.4 Å². The summed E-state index contributed by atoms with van der Waals surface area (Å²) in [6.45, 7) is 4.22. The number of methoxy groups -OCH3 is 2. The van der Waals surface area contributed by atoms with Gasteiger partial charge in [-0.2, -0.15) is 0 Å². The molecule has 0 aliphatic carbocycles. The van der Waals surface area contributed by atoms with Crippen molar-refractivity contribution in [2.24, 2.45) is 5.73 Å². The zero-order valence-corrected chi connectivity index (χ0v) is 14.3. The van der Waals surface area contributed by atoms with Crippen molar-refractivity contribution in [1.82, 2.24) is 0 Å². The number of ether oxygens (including phenoxy) is 3. The Morgan fingerprint density at radius 2 is 1.71 bits per heavy atom. The predicted molar refractivity (Wildman–Crippen MR) is 96.7 cm³/mol. The minimum absolute atomic E-state index is 0.159. The molecule has 0 aromatic heterocycles. The third-order valence-electron chi connectivity index (χ3n) is 3.83. The first-order valence-corrected chi connectivity index (χ1v) is 7.98. The van der Waals surface area contributed by atoms with Gasteiger partial charge in [0.25, 0.3) is 0 Å². The summed E-state index contributed by atoms with van der Waals surface area (Å²) in [5, 5.41) is 0. The summed E-state index contributed by atoms with van der Waals surface area (Å²) in [7, 11) is 3.22. The Kier molecular flexibility index (Phi) is 6.70. The molecule has 2 aromatic carbocycles. The Bertz CT molecular complexity index is 655. The lowest BCUT2D eigenvalue weighted by Gasteiger charge is -2.19. The molecule has 0 fully saturated rings. The first-order valence-electron chi connectivity index (χ1n) is 7.98. The van der Waals surface area contributed by atoms with E-state index in [1.165, 1.54) is 0 Å². The SMILES string of the molecule is C=CCC[C@H](N)c1cc(OC)c(OC)cc1OCc1ccccc1. The molecule has 2 aromatic rings. The molecule has 0 heterocycles. The van der Waals surface area contributed by atoms with Gasteiger partial charge >= 0.3 is 0 Å². The standard InChI is InChI=1S/C20H25NO3/c1-4-5-11-17(21)16-12-19(22-2)20(23-3)13-18(16)24-14-15-9-7-6-8-10-15/h4,6-10,12-13,17H,1,5,11,14,21H2,2-3H3/t17-/m0/s1. The van der Waals surface area contributed by atoms with E-state index in [2.05, 4.69) is 6.58 Å². The van der Waals surface area contributed by atoms with Crippen LogP contribution in [-0.2, 0) is 6.61 Å². The van der Waals surface area contributed by atoms with E-state index >= 15 is 0 Å². The maximum Gasteiger partial charge on any atom is 0.164 e. The minimum Gasteiger partial charge on any atom is -0.493 e. The summed E-state index contributed by atoms with van der Waals surface area (Å²) in [5.41, 5.74) is 8.34. The molecule has 0 saturated carbocycles. The fourth-order valence-electron chi connectivity index (χ4n) is 2.48. The van der Waals surface area contributed by atoms with E-state index in [1.807, 2.05) is 48.5 Å². The third-order valence-corrected chi connectivity index (χ3v) is 3.83. The molecule has 0 bridgehead atoms. The van der Waals surface area contributed by atoms with Gasteiger partial charge in [0, 0.05) is 17.7 Å². The van der Waals surface area contributed by atoms with Crippen LogP contribution in [-0.4, -0.2) is 14.2 Å². The van der Waals surface area contributed by atoms with E-state index in [4.69, 9.17) is 19.9 Å². The lowest BCUT2D eigenvalue weighted by atomic mass is 10.0. The van der Waals surface area contributed by atoms with Crippen LogP contribution in [0.4, 0.5) is 0 Å². The minimum atomic E-state index is -0.159. The predicted octanol–water partition coefficient (Wildman–Crippen LogP) is 4.25. The van der Waals surface area contributed by atoms with E-state index in [0.717, 1.165) is 24.0 Å². The Morgan fingerprint density at radius 3 is 2.33 bits per heavy atom. The Morgan fingerprint density at radius 1 is 1.04 bits per heavy atom. The van der Waals surface area contributed by atoms with E-state index in [-0.39, 0.29) is 6.04 Å². The fraction of sp³-hybridized carbons (Fsp3) is 0.300. The van der Waals surface area contributed by atoms with Crippen molar-refractivity contribution in [3.63, 3.8) is 0 Å². The monoisotopic (exact) mass is 327 g/mol. The lowest BCUT2D eigenvalue weighted by Crippen LogP contribution is -2.12. The highest BCUT2D eigenvalue weighted by Crippen LogP contribution is 2.38. The molecular formula is C20H25NO3. The van der Waals surface area contributed by atoms with Crippen LogP contribution in [0.3, 0.4) is 0 Å². The smallest absolute Gasteiger partial charge is 0.164 e. The summed E-state index contributed by atoms with van der Waals surface area (Å²) in [6.07, 6.45) is 3.50. The van der Waals surface area contributed by atoms with Gasteiger partial charge in [0.1, 0.15) is 12.4 Å². The molecule has 4 heteroatoms. The van der Waals surface area contributed by atoms with Crippen LogP contribution >= 0.6 is 0 Å². The molecule has 0 radical (unpaired) electrons. The maximum atomic E-state index is 6.34. The largest absolute Gasteiger partial charge is 0.493 e. The van der Waals surface area contributed by atoms with Crippen LogP contribution in [0.2, 0.25) is 0 Å². The Labute approximate surface area is 143 Å². The molecule has 0 amide bonds. The normalized spacial score (nSPS) is 11.6. The van der Waals surface area contributed by atoms with Crippen LogP contribution in [0.25, 0.3) is 0 Å². The van der Waals surface area contributed by atoms with Crippen molar-refractivity contribution in [2.75, 3.05) is 14.2 Å². The number of nitrogens with two attached hydrogens (primary N) is 1. The molecule has 0 unspecified atom stereocenters. The number of hydrogen-bond donors (Lipinski definition) is 1. The summed E-state index contributed by atoms with van der Waals surface area (Å²) < 4.78 is 16.8. The summed E-state index contributed by atoms with van der Waals surface area (Å²) >= 11 is 0. The van der Waals surface area contributed by atoms with E-state index < -0.39 is 0 Å². The third kappa shape index (κ3) is 4.52. The number of allylic oxidation sites excluding steroid dienone is 1. The van der Waals surface area contributed by atoms with Gasteiger partial charge in [-0.05, 0) is 24.5 Å². The second-order valence-corrected chi connectivity index (χ2v) is 5.49. The number of hydrogen-bond acceptors (Lipinski definition) is 4. The second kappa shape index (κ2) is 8.99. The molecule has 1 atom stereocenters. The molecule has 4 nitrogen and oxygen atoms in total. The van der Waals surface area contributed by atoms with Gasteiger partial charge in [0.15, 0.2) is 11.5 Å². The Hall–Kier alpha value is -2.46. The van der Waals surface area contributed by atoms with Crippen molar-refractivity contribution in [2.45, 2.75) is 25.5 Å². The molecule has 24 heavy (non-hydrogen) atoms. The van der Waals surface area contributed by atoms with Crippen molar-refractivity contribution in [3.05, 3.63) is 66.2 Å². The molecule has 128 valence electrons. The van der Waals surface area contributed by atoms with Crippen LogP contribution in [0.5, 0.6) is 17.2 Å². The van der Waals surface area contributed by atoms with E-state index in [1.54, 1.807) is 14.2 Å². The van der Waals surface area contributed by atoms with E-state index in [9.17, 15) is 0 Å². The molecule has 2 rings (SSSR count). The summed E-state index contributed by atoms with van der Waals surface area (Å²) in [6, 6.07) is 13.6. The van der Waals surface area contributed by atoms with Crippen molar-refractivity contribution < 1.29 is 14.2 Å². The highest BCUT2D eigenvalue weighted by molar-refractivity contribution is 5.51. The van der Waals surface area contributed by atoms with Gasteiger partial charge in [-0.15, -0.1) is 6.58 Å². The van der Waals surface area contributed by atoms with Crippen LogP contribution in [0.15, 0.2) is 55.1 Å². The summed E-state index contributed by atoms with van der Waals surface area (Å²) in [5.74, 6) is 1.99. The second-order valence-electron chi connectivity index (χ2n) is 5.49. The van der Waals surface area contributed by atoms with Gasteiger partial charge in [-0.25, -0.2) is 0 Å². The molecule has 0 aliphatic heterocycles. The van der Waals surface area contributed by atoms with Crippen LogP contribution < -0.4 is 19.9 Å². The van der Waals surface area contributed by atoms with Gasteiger partial charge in [0.2, 0.25) is 0 Å². The average molecular weight is 327 g/mol. The molecule has 2 N–H and O–H groups in total. The zero-order chi connectivity index (χ0) is 17.4. The highest BCUT2D eigenvalue weighted by atomic mass is 16.5. The first-order chi connectivity index (χ1) is 11.7. The Balaban J connectivity index is 2.29. The lowest BCUT2D eigenvalue weighted by molar-refractivity contribution is 0.294. The highest BCUT2D eigenvalue weighted by Gasteiger charge is 2.17. The topological polar surface area (TPSA) is 53.7 Å². The van der Waals surface area contributed by atoms with Crippen molar-refractivity contribution in [3.8, 4) is 17.2 Å². The molecule has 0 spiro atoms. The van der Waals surface area contributed by atoms with Gasteiger partial charge in [-0.3, -0.25) is 0 Å². The zero-order valence-electron chi connectivity index (χ0n) is 14.3. The first kappa shape index (κ1) is 17.9. The fourth-order valence-corrected chi connectivity index (χ4v) is 2.48. The number of benzene rings is 2. The molecular weight excluding hydrogens is 302 g/mol. The maximum absolute atomic E-state index is 6.34. The quantitative estimate of drug-likeness (QED) is 0.700. The molecule has 0 aliphatic rings. The molecule has 0 saturated heterocycles. The average Bonchev–Trinajstić information content (AvgIpc) is 2.64. The van der Waals surface area contributed by atoms with Crippen LogP contribution in [0.1, 0.15) is 30.0 Å². The van der Waals surface area contributed by atoms with Crippen molar-refractivity contribution >= 4 is 0 Å². The summed E-state index contributed by atoms with van der Waals surface area (Å²) in [4.78, 5) is 0. The van der Waals surface area contributed by atoms with Crippen molar-refractivity contribution in [1.29, 1.82) is 0 Å². The van der Waals surface area contributed by atoms with Gasteiger partial charge < -0.3 is 19.9 Å².